The highest BCUT2D eigenvalue weighted by atomic mass is 35.5. The highest BCUT2D eigenvalue weighted by Gasteiger charge is 2.14. The second kappa shape index (κ2) is 5.75. The van der Waals surface area contributed by atoms with Crippen LogP contribution in [0.25, 0.3) is 0 Å². The van der Waals surface area contributed by atoms with Crippen LogP contribution in [-0.2, 0) is 0 Å². The minimum Gasteiger partial charge on any atom is -0.433 e. The number of aromatic nitrogens is 1. The van der Waals surface area contributed by atoms with Crippen molar-refractivity contribution < 1.29 is 18.3 Å². The zero-order valence-electron chi connectivity index (χ0n) is 9.52. The number of hydrogen-bond donors (Lipinski definition) is 0. The van der Waals surface area contributed by atoms with E-state index in [2.05, 4.69) is 9.72 Å². The third kappa shape index (κ3) is 3.26. The number of ketones is 1. The Morgan fingerprint density at radius 3 is 2.47 bits per heavy atom. The molecule has 0 saturated heterocycles. The van der Waals surface area contributed by atoms with Gasteiger partial charge in [0.25, 0.3) is 0 Å². The number of carbonyl (C=O) groups excluding carboxylic acids is 1. The van der Waals surface area contributed by atoms with E-state index in [1.54, 1.807) is 0 Å². The largest absolute Gasteiger partial charge is 0.433 e. The predicted molar refractivity (Wildman–Crippen MR) is 65.8 cm³/mol. The third-order valence-corrected chi connectivity index (χ3v) is 2.66. The molecule has 1 aromatic carbocycles. The zero-order chi connectivity index (χ0) is 13.8. The molecule has 0 aliphatic heterocycles. The highest BCUT2D eigenvalue weighted by Crippen LogP contribution is 2.27. The van der Waals surface area contributed by atoms with E-state index in [9.17, 15) is 13.6 Å². The van der Waals surface area contributed by atoms with Gasteiger partial charge in [-0.3, -0.25) is 9.78 Å². The number of benzene rings is 1. The maximum absolute atomic E-state index is 12.2. The highest BCUT2D eigenvalue weighted by molar-refractivity contribution is 6.32. The van der Waals surface area contributed by atoms with Gasteiger partial charge in [-0.15, -0.1) is 0 Å². The average Bonchev–Trinajstić information content (AvgIpc) is 2.41. The van der Waals surface area contributed by atoms with Crippen LogP contribution >= 0.6 is 11.6 Å². The van der Waals surface area contributed by atoms with Crippen molar-refractivity contribution in [3.8, 4) is 5.75 Å². The molecule has 0 amide bonds. The molecule has 0 unspecified atom stereocenters. The zero-order valence-corrected chi connectivity index (χ0v) is 10.3. The molecular weight excluding hydrogens is 276 g/mol. The Balaban J connectivity index is 2.33. The second-order valence-electron chi connectivity index (χ2n) is 3.59. The van der Waals surface area contributed by atoms with Crippen molar-refractivity contribution in [2.75, 3.05) is 0 Å². The number of carbonyl (C=O) groups is 1. The summed E-state index contributed by atoms with van der Waals surface area (Å²) in [5.41, 5.74) is 0.617. The van der Waals surface area contributed by atoms with Gasteiger partial charge in [0.15, 0.2) is 5.78 Å². The fourth-order valence-corrected chi connectivity index (χ4v) is 1.66. The molecule has 6 heteroatoms. The summed E-state index contributed by atoms with van der Waals surface area (Å²) in [5, 5.41) is 0.0200. The second-order valence-corrected chi connectivity index (χ2v) is 4.00. The molecule has 1 heterocycles. The first-order valence-electron chi connectivity index (χ1n) is 5.27. The first kappa shape index (κ1) is 13.4. The molecule has 0 spiro atoms. The predicted octanol–water partition coefficient (Wildman–Crippen LogP) is 3.57. The normalized spacial score (nSPS) is 10.5. The van der Waals surface area contributed by atoms with Crippen LogP contribution in [0.2, 0.25) is 5.02 Å². The van der Waals surface area contributed by atoms with Crippen LogP contribution in [0, 0.1) is 0 Å². The summed E-state index contributed by atoms with van der Waals surface area (Å²) in [6, 6.07) is 7.05. The Labute approximate surface area is 112 Å². The summed E-state index contributed by atoms with van der Waals surface area (Å²) >= 11 is 5.71. The van der Waals surface area contributed by atoms with Crippen LogP contribution in [0.1, 0.15) is 15.9 Å². The van der Waals surface area contributed by atoms with Crippen molar-refractivity contribution in [3.63, 3.8) is 0 Å². The van der Waals surface area contributed by atoms with Crippen LogP contribution in [0.5, 0.6) is 5.75 Å². The minimum atomic E-state index is -3.00. The van der Waals surface area contributed by atoms with Gasteiger partial charge in [-0.2, -0.15) is 8.78 Å². The maximum atomic E-state index is 12.2. The van der Waals surface area contributed by atoms with Crippen LogP contribution in [0.15, 0.2) is 42.7 Å². The molecule has 0 saturated carbocycles. The van der Waals surface area contributed by atoms with Gasteiger partial charge < -0.3 is 4.74 Å². The van der Waals surface area contributed by atoms with Crippen molar-refractivity contribution in [3.05, 3.63) is 58.9 Å². The molecule has 0 aliphatic carbocycles. The smallest absolute Gasteiger partial charge is 0.387 e. The van der Waals surface area contributed by atoms with Crippen LogP contribution < -0.4 is 4.74 Å². The SMILES string of the molecule is O=C(c1ccncc1)c1ccc(Cl)c(OC(F)F)c1. The number of nitrogens with zero attached hydrogens (tertiary/aromatic N) is 1. The summed E-state index contributed by atoms with van der Waals surface area (Å²) in [7, 11) is 0. The fraction of sp³-hybridized carbons (Fsp3) is 0.0769. The minimum absolute atomic E-state index is 0.0200. The van der Waals surface area contributed by atoms with E-state index in [-0.39, 0.29) is 22.1 Å². The number of hydrogen-bond acceptors (Lipinski definition) is 3. The number of alkyl halides is 2. The molecule has 0 fully saturated rings. The van der Waals surface area contributed by atoms with Gasteiger partial charge in [0.1, 0.15) is 5.75 Å². The van der Waals surface area contributed by atoms with Gasteiger partial charge in [0.05, 0.1) is 5.02 Å². The maximum Gasteiger partial charge on any atom is 0.387 e. The Morgan fingerprint density at radius 2 is 1.84 bits per heavy atom. The number of halogens is 3. The summed E-state index contributed by atoms with van der Waals surface area (Å²) < 4.78 is 28.6. The van der Waals surface area contributed by atoms with E-state index in [0.29, 0.717) is 5.56 Å². The molecule has 0 radical (unpaired) electrons. The molecule has 0 aliphatic rings. The van der Waals surface area contributed by atoms with Crippen LogP contribution in [0.3, 0.4) is 0 Å². The van der Waals surface area contributed by atoms with Crippen LogP contribution in [0.4, 0.5) is 8.78 Å². The van der Waals surface area contributed by atoms with Crippen molar-refractivity contribution in [2.45, 2.75) is 6.61 Å². The molecule has 19 heavy (non-hydrogen) atoms. The number of ether oxygens (including phenoxy) is 1. The van der Waals surface area contributed by atoms with Gasteiger partial charge >= 0.3 is 6.61 Å². The Morgan fingerprint density at radius 1 is 1.16 bits per heavy atom. The van der Waals surface area contributed by atoms with Crippen LogP contribution in [-0.4, -0.2) is 17.4 Å². The quantitative estimate of drug-likeness (QED) is 0.805. The Kier molecular flexibility index (Phi) is 4.06. The van der Waals surface area contributed by atoms with Gasteiger partial charge in [-0.05, 0) is 30.3 Å². The summed E-state index contributed by atoms with van der Waals surface area (Å²) in [6.45, 7) is -3.00. The average molecular weight is 284 g/mol. The molecule has 0 bridgehead atoms. The molecule has 98 valence electrons. The van der Waals surface area contributed by atoms with E-state index in [4.69, 9.17) is 11.6 Å². The Bertz CT molecular complexity index is 590. The van der Waals surface area contributed by atoms with E-state index in [1.165, 1.54) is 42.7 Å². The van der Waals surface area contributed by atoms with E-state index >= 15 is 0 Å². The summed E-state index contributed by atoms with van der Waals surface area (Å²) in [4.78, 5) is 15.9. The van der Waals surface area contributed by atoms with Crippen molar-refractivity contribution >= 4 is 17.4 Å². The number of pyridine rings is 1. The molecule has 2 rings (SSSR count). The summed E-state index contributed by atoms with van der Waals surface area (Å²) in [5.74, 6) is -0.547. The lowest BCUT2D eigenvalue weighted by Crippen LogP contribution is -2.05. The molecule has 3 nitrogen and oxygen atoms in total. The van der Waals surface area contributed by atoms with Gasteiger partial charge in [-0.25, -0.2) is 0 Å². The third-order valence-electron chi connectivity index (χ3n) is 2.35. The van der Waals surface area contributed by atoms with Crippen molar-refractivity contribution in [2.24, 2.45) is 0 Å². The first-order valence-corrected chi connectivity index (χ1v) is 5.65. The molecule has 0 N–H and O–H groups in total. The fourth-order valence-electron chi connectivity index (χ4n) is 1.50. The molecular formula is C13H8ClF2NO2. The number of rotatable bonds is 4. The monoisotopic (exact) mass is 283 g/mol. The lowest BCUT2D eigenvalue weighted by molar-refractivity contribution is -0.0498. The van der Waals surface area contributed by atoms with Crippen molar-refractivity contribution in [1.82, 2.24) is 4.98 Å². The van der Waals surface area contributed by atoms with E-state index in [0.717, 1.165) is 0 Å². The van der Waals surface area contributed by atoms with Gasteiger partial charge in [-0.1, -0.05) is 11.6 Å². The van der Waals surface area contributed by atoms with E-state index < -0.39 is 6.61 Å². The van der Waals surface area contributed by atoms with Gasteiger partial charge in [0, 0.05) is 23.5 Å². The molecule has 2 aromatic rings. The van der Waals surface area contributed by atoms with Crippen molar-refractivity contribution in [1.29, 1.82) is 0 Å². The first-order chi connectivity index (χ1) is 9.08. The van der Waals surface area contributed by atoms with Gasteiger partial charge in [0.2, 0.25) is 0 Å². The lowest BCUT2D eigenvalue weighted by Gasteiger charge is -2.08. The summed E-state index contributed by atoms with van der Waals surface area (Å²) in [6.07, 6.45) is 2.94. The standard InChI is InChI=1S/C13H8ClF2NO2/c14-10-2-1-9(7-11(10)19-13(15)16)12(18)8-3-5-17-6-4-8/h1-7,13H. The van der Waals surface area contributed by atoms with E-state index in [1.807, 2.05) is 0 Å². The molecule has 1 aromatic heterocycles. The lowest BCUT2D eigenvalue weighted by atomic mass is 10.0. The Hall–Kier alpha value is -2.01. The molecule has 0 atom stereocenters. The topological polar surface area (TPSA) is 39.2 Å².